The van der Waals surface area contributed by atoms with Crippen LogP contribution < -0.4 is 5.32 Å². The van der Waals surface area contributed by atoms with Gasteiger partial charge in [0.05, 0.1) is 12.7 Å². The monoisotopic (exact) mass is 366 g/mol. The van der Waals surface area contributed by atoms with E-state index in [2.05, 4.69) is 48.8 Å². The van der Waals surface area contributed by atoms with Crippen LogP contribution in [0.4, 0.5) is 5.82 Å². The van der Waals surface area contributed by atoms with E-state index in [1.54, 1.807) is 12.1 Å². The predicted molar refractivity (Wildman–Crippen MR) is 105 cm³/mol. The summed E-state index contributed by atoms with van der Waals surface area (Å²) in [6, 6.07) is 9.13. The van der Waals surface area contributed by atoms with Crippen LogP contribution in [0, 0.1) is 0 Å². The highest BCUT2D eigenvalue weighted by Gasteiger charge is 2.37. The number of rotatable bonds is 3. The Kier molecular flexibility index (Phi) is 4.81. The molecule has 1 aromatic heterocycles. The number of hydrogen-bond acceptors (Lipinski definition) is 4. The van der Waals surface area contributed by atoms with Gasteiger partial charge in [-0.3, -0.25) is 4.79 Å². The number of carbonyl (C=O) groups is 2. The second kappa shape index (κ2) is 6.80. The first-order valence-electron chi connectivity index (χ1n) is 9.15. The van der Waals surface area contributed by atoms with Gasteiger partial charge in [0.15, 0.2) is 0 Å². The molecule has 0 bridgehead atoms. The fourth-order valence-electron chi connectivity index (χ4n) is 3.62. The molecule has 1 N–H and O–H groups in total. The first-order valence-corrected chi connectivity index (χ1v) is 9.15. The molecule has 1 aliphatic rings. The van der Waals surface area contributed by atoms with Gasteiger partial charge < -0.3 is 10.1 Å². The van der Waals surface area contributed by atoms with Crippen LogP contribution in [0.15, 0.2) is 36.5 Å². The third-order valence-corrected chi connectivity index (χ3v) is 5.54. The summed E-state index contributed by atoms with van der Waals surface area (Å²) in [5.41, 5.74) is 3.66. The largest absolute Gasteiger partial charge is 0.465 e. The Bertz CT molecular complexity index is 883. The molecule has 2 aromatic rings. The summed E-state index contributed by atoms with van der Waals surface area (Å²) in [4.78, 5) is 28.3. The normalized spacial score (nSPS) is 16.9. The maximum Gasteiger partial charge on any atom is 0.339 e. The third-order valence-electron chi connectivity index (χ3n) is 5.54. The Balaban J connectivity index is 1.85. The minimum absolute atomic E-state index is 0.0432. The molecule has 0 radical (unpaired) electrons. The van der Waals surface area contributed by atoms with Crippen LogP contribution in [-0.4, -0.2) is 24.0 Å². The number of hydrogen-bond donors (Lipinski definition) is 1. The number of fused-ring (bicyclic) bond motifs is 1. The topological polar surface area (TPSA) is 68.3 Å². The van der Waals surface area contributed by atoms with Crippen LogP contribution in [0.3, 0.4) is 0 Å². The van der Waals surface area contributed by atoms with Crippen LogP contribution >= 0.6 is 0 Å². The van der Waals surface area contributed by atoms with Gasteiger partial charge in [-0.05, 0) is 59.1 Å². The highest BCUT2D eigenvalue weighted by molar-refractivity contribution is 6.04. The van der Waals surface area contributed by atoms with Crippen molar-refractivity contribution in [2.24, 2.45) is 0 Å². The molecule has 0 spiro atoms. The standard InChI is InChI=1S/C22H26N2O3/c1-21(2)10-11-22(3,4)17-12-14(6-8-16(17)21)19(25)24-18-9-7-15(13-23-18)20(26)27-5/h6-9,12-13H,10-11H2,1-5H3,(H,23,24,25). The molecule has 1 aromatic carbocycles. The fraction of sp³-hybridized carbons (Fsp3) is 0.409. The average molecular weight is 366 g/mol. The summed E-state index contributed by atoms with van der Waals surface area (Å²) in [7, 11) is 1.32. The molecule has 0 unspecified atom stereocenters. The average Bonchev–Trinajstić information content (AvgIpc) is 2.65. The van der Waals surface area contributed by atoms with Gasteiger partial charge in [0.2, 0.25) is 0 Å². The maximum atomic E-state index is 12.7. The highest BCUT2D eigenvalue weighted by Crippen LogP contribution is 2.45. The molecule has 0 saturated carbocycles. The number of nitrogens with one attached hydrogen (secondary N) is 1. The second-order valence-corrected chi connectivity index (χ2v) is 8.41. The lowest BCUT2D eigenvalue weighted by molar-refractivity contribution is 0.0600. The number of amides is 1. The van der Waals surface area contributed by atoms with Crippen LogP contribution in [0.2, 0.25) is 0 Å². The molecule has 0 saturated heterocycles. The van der Waals surface area contributed by atoms with Crippen molar-refractivity contribution in [3.8, 4) is 0 Å². The summed E-state index contributed by atoms with van der Waals surface area (Å²) < 4.78 is 4.65. The molecule has 5 nitrogen and oxygen atoms in total. The van der Waals surface area contributed by atoms with Crippen molar-refractivity contribution in [3.63, 3.8) is 0 Å². The van der Waals surface area contributed by atoms with Gasteiger partial charge in [-0.1, -0.05) is 33.8 Å². The van der Waals surface area contributed by atoms with Gasteiger partial charge in [0.25, 0.3) is 5.91 Å². The van der Waals surface area contributed by atoms with Gasteiger partial charge >= 0.3 is 5.97 Å². The fourth-order valence-corrected chi connectivity index (χ4v) is 3.62. The summed E-state index contributed by atoms with van der Waals surface area (Å²) in [6.45, 7) is 8.98. The number of esters is 1. The zero-order valence-electron chi connectivity index (χ0n) is 16.6. The van der Waals surface area contributed by atoms with Gasteiger partial charge in [0.1, 0.15) is 5.82 Å². The molecule has 0 aliphatic heterocycles. The van der Waals surface area contributed by atoms with Gasteiger partial charge in [-0.25, -0.2) is 9.78 Å². The Hall–Kier alpha value is -2.69. The molecule has 1 amide bonds. The lowest BCUT2D eigenvalue weighted by atomic mass is 9.63. The molecule has 1 aliphatic carbocycles. The van der Waals surface area contributed by atoms with Crippen molar-refractivity contribution in [1.82, 2.24) is 4.98 Å². The number of pyridine rings is 1. The lowest BCUT2D eigenvalue weighted by Gasteiger charge is -2.42. The van der Waals surface area contributed by atoms with E-state index in [0.29, 0.717) is 16.9 Å². The van der Waals surface area contributed by atoms with E-state index in [4.69, 9.17) is 0 Å². The van der Waals surface area contributed by atoms with Crippen LogP contribution in [0.1, 0.15) is 72.4 Å². The number of benzene rings is 1. The number of carbonyl (C=O) groups excluding carboxylic acids is 2. The van der Waals surface area contributed by atoms with E-state index in [1.165, 1.54) is 24.4 Å². The van der Waals surface area contributed by atoms with Crippen molar-refractivity contribution < 1.29 is 14.3 Å². The molecule has 5 heteroatoms. The smallest absolute Gasteiger partial charge is 0.339 e. The quantitative estimate of drug-likeness (QED) is 0.814. The Morgan fingerprint density at radius 2 is 1.59 bits per heavy atom. The zero-order chi connectivity index (χ0) is 19.8. The molecule has 3 rings (SSSR count). The van der Waals surface area contributed by atoms with Crippen molar-refractivity contribution >= 4 is 17.7 Å². The number of nitrogens with zero attached hydrogens (tertiary/aromatic N) is 1. The van der Waals surface area contributed by atoms with Crippen LogP contribution in [0.25, 0.3) is 0 Å². The number of aromatic nitrogens is 1. The zero-order valence-corrected chi connectivity index (χ0v) is 16.6. The first-order chi connectivity index (χ1) is 12.6. The summed E-state index contributed by atoms with van der Waals surface area (Å²) in [5.74, 6) is -0.278. The molecule has 142 valence electrons. The minimum atomic E-state index is -0.458. The third kappa shape index (κ3) is 3.72. The van der Waals surface area contributed by atoms with E-state index in [-0.39, 0.29) is 16.7 Å². The van der Waals surface area contributed by atoms with Crippen molar-refractivity contribution in [2.75, 3.05) is 12.4 Å². The van der Waals surface area contributed by atoms with E-state index in [1.807, 2.05) is 12.1 Å². The molecule has 27 heavy (non-hydrogen) atoms. The summed E-state index contributed by atoms with van der Waals surface area (Å²) in [5, 5.41) is 2.80. The molecule has 0 fully saturated rings. The molecular formula is C22H26N2O3. The molecule has 1 heterocycles. The summed E-state index contributed by atoms with van der Waals surface area (Å²) >= 11 is 0. The number of ether oxygens (including phenoxy) is 1. The van der Waals surface area contributed by atoms with E-state index in [0.717, 1.165) is 12.8 Å². The van der Waals surface area contributed by atoms with E-state index < -0.39 is 5.97 Å². The SMILES string of the molecule is COC(=O)c1ccc(NC(=O)c2ccc3c(c2)C(C)(C)CCC3(C)C)nc1. The van der Waals surface area contributed by atoms with Gasteiger partial charge in [0, 0.05) is 11.8 Å². The Morgan fingerprint density at radius 1 is 0.963 bits per heavy atom. The van der Waals surface area contributed by atoms with Crippen molar-refractivity contribution in [2.45, 2.75) is 51.4 Å². The lowest BCUT2D eigenvalue weighted by Crippen LogP contribution is -2.34. The minimum Gasteiger partial charge on any atom is -0.465 e. The van der Waals surface area contributed by atoms with Crippen molar-refractivity contribution in [3.05, 3.63) is 58.8 Å². The predicted octanol–water partition coefficient (Wildman–Crippen LogP) is 4.47. The van der Waals surface area contributed by atoms with Gasteiger partial charge in [-0.2, -0.15) is 0 Å². The number of methoxy groups -OCH3 is 1. The van der Waals surface area contributed by atoms with Gasteiger partial charge in [-0.15, -0.1) is 0 Å². The number of anilines is 1. The van der Waals surface area contributed by atoms with Crippen LogP contribution in [0.5, 0.6) is 0 Å². The van der Waals surface area contributed by atoms with E-state index in [9.17, 15) is 9.59 Å². The Labute approximate surface area is 160 Å². The van der Waals surface area contributed by atoms with E-state index >= 15 is 0 Å². The second-order valence-electron chi connectivity index (χ2n) is 8.41. The molecule has 0 atom stereocenters. The first kappa shape index (κ1) is 19.1. The Morgan fingerprint density at radius 3 is 2.19 bits per heavy atom. The summed E-state index contributed by atoms with van der Waals surface area (Å²) in [6.07, 6.45) is 3.61. The maximum absolute atomic E-state index is 12.7. The van der Waals surface area contributed by atoms with Crippen molar-refractivity contribution in [1.29, 1.82) is 0 Å². The highest BCUT2D eigenvalue weighted by atomic mass is 16.5. The molecular weight excluding hydrogens is 340 g/mol. The van der Waals surface area contributed by atoms with Crippen LogP contribution in [-0.2, 0) is 15.6 Å².